The number of aromatic nitrogens is 1. The molecule has 1 saturated carbocycles. The Bertz CT molecular complexity index is 337. The number of hydrogen-bond donors (Lipinski definition) is 1. The van der Waals surface area contributed by atoms with Crippen LogP contribution in [-0.2, 0) is 6.42 Å². The summed E-state index contributed by atoms with van der Waals surface area (Å²) in [7, 11) is 0. The predicted molar refractivity (Wildman–Crippen MR) is 63.3 cm³/mol. The summed E-state index contributed by atoms with van der Waals surface area (Å²) in [6.45, 7) is 6.21. The van der Waals surface area contributed by atoms with E-state index in [1.54, 1.807) is 11.3 Å². The maximum absolute atomic E-state index is 10.5. The van der Waals surface area contributed by atoms with Gasteiger partial charge in [0.2, 0.25) is 0 Å². The minimum absolute atomic E-state index is 0.489. The first-order valence-electron chi connectivity index (χ1n) is 5.70. The second kappa shape index (κ2) is 3.87. The van der Waals surface area contributed by atoms with Gasteiger partial charge in [-0.05, 0) is 39.0 Å². The molecule has 1 aliphatic carbocycles. The van der Waals surface area contributed by atoms with E-state index in [-0.39, 0.29) is 0 Å². The summed E-state index contributed by atoms with van der Waals surface area (Å²) < 4.78 is 0. The van der Waals surface area contributed by atoms with Crippen LogP contribution in [-0.4, -0.2) is 15.7 Å². The van der Waals surface area contributed by atoms with E-state index in [2.05, 4.69) is 18.8 Å². The first-order chi connectivity index (χ1) is 7.05. The van der Waals surface area contributed by atoms with Gasteiger partial charge in [-0.25, -0.2) is 4.98 Å². The van der Waals surface area contributed by atoms with Gasteiger partial charge in [-0.3, -0.25) is 0 Å². The average molecular weight is 225 g/mol. The summed E-state index contributed by atoms with van der Waals surface area (Å²) in [5.74, 6) is 0.520. The molecule has 1 unspecified atom stereocenters. The quantitative estimate of drug-likeness (QED) is 0.854. The number of nitrogens with zero attached hydrogens (tertiary/aromatic N) is 1. The highest BCUT2D eigenvalue weighted by Gasteiger charge is 2.42. The van der Waals surface area contributed by atoms with Crippen LogP contribution in [0.25, 0.3) is 0 Å². The standard InChI is InChI=1S/C12H19NOS/c1-4-12(14,10-5-6-10)7-11-13-8(2)9(3)15-11/h10,14H,4-7H2,1-3H3. The molecule has 1 heterocycles. The van der Waals surface area contributed by atoms with Gasteiger partial charge >= 0.3 is 0 Å². The van der Waals surface area contributed by atoms with Crippen molar-refractivity contribution in [1.29, 1.82) is 0 Å². The molecule has 15 heavy (non-hydrogen) atoms. The number of hydrogen-bond acceptors (Lipinski definition) is 3. The van der Waals surface area contributed by atoms with Crippen molar-refractivity contribution in [2.24, 2.45) is 5.92 Å². The van der Waals surface area contributed by atoms with E-state index >= 15 is 0 Å². The van der Waals surface area contributed by atoms with Gasteiger partial charge in [-0.15, -0.1) is 11.3 Å². The van der Waals surface area contributed by atoms with Crippen molar-refractivity contribution in [3.63, 3.8) is 0 Å². The molecule has 3 heteroatoms. The maximum Gasteiger partial charge on any atom is 0.0959 e. The fraction of sp³-hybridized carbons (Fsp3) is 0.750. The molecule has 1 aromatic heterocycles. The first-order valence-corrected chi connectivity index (χ1v) is 6.52. The molecular weight excluding hydrogens is 206 g/mol. The Hall–Kier alpha value is -0.410. The van der Waals surface area contributed by atoms with Crippen LogP contribution < -0.4 is 0 Å². The zero-order valence-electron chi connectivity index (χ0n) is 9.71. The predicted octanol–water partition coefficient (Wildman–Crippen LogP) is 2.85. The molecule has 0 bridgehead atoms. The molecule has 0 aliphatic heterocycles. The molecule has 1 atom stereocenters. The van der Waals surface area contributed by atoms with E-state index in [0.29, 0.717) is 5.92 Å². The van der Waals surface area contributed by atoms with Crippen molar-refractivity contribution in [2.75, 3.05) is 0 Å². The average Bonchev–Trinajstić information content (AvgIpc) is 2.96. The van der Waals surface area contributed by atoms with Crippen LogP contribution >= 0.6 is 11.3 Å². The van der Waals surface area contributed by atoms with E-state index < -0.39 is 5.60 Å². The van der Waals surface area contributed by atoms with Crippen LogP contribution in [0.5, 0.6) is 0 Å². The highest BCUT2D eigenvalue weighted by molar-refractivity contribution is 7.11. The van der Waals surface area contributed by atoms with E-state index in [1.807, 2.05) is 6.92 Å². The zero-order chi connectivity index (χ0) is 11.1. The van der Waals surface area contributed by atoms with Crippen molar-refractivity contribution in [3.05, 3.63) is 15.6 Å². The van der Waals surface area contributed by atoms with Crippen molar-refractivity contribution < 1.29 is 5.11 Å². The lowest BCUT2D eigenvalue weighted by atomic mass is 9.91. The highest BCUT2D eigenvalue weighted by Crippen LogP contribution is 2.43. The molecule has 0 amide bonds. The molecule has 1 fully saturated rings. The van der Waals surface area contributed by atoms with E-state index in [0.717, 1.165) is 23.5 Å². The molecule has 84 valence electrons. The lowest BCUT2D eigenvalue weighted by Gasteiger charge is -2.25. The Morgan fingerprint density at radius 2 is 2.13 bits per heavy atom. The molecule has 1 aliphatic rings. The lowest BCUT2D eigenvalue weighted by Crippen LogP contribution is -2.33. The lowest BCUT2D eigenvalue weighted by molar-refractivity contribution is 0.0138. The van der Waals surface area contributed by atoms with Crippen molar-refractivity contribution >= 4 is 11.3 Å². The van der Waals surface area contributed by atoms with Gasteiger partial charge in [-0.1, -0.05) is 6.92 Å². The summed E-state index contributed by atoms with van der Waals surface area (Å²) in [5.41, 5.74) is 0.626. The van der Waals surface area contributed by atoms with E-state index in [1.165, 1.54) is 17.7 Å². The monoisotopic (exact) mass is 225 g/mol. The van der Waals surface area contributed by atoms with Crippen molar-refractivity contribution in [3.8, 4) is 0 Å². The Balaban J connectivity index is 2.12. The Morgan fingerprint density at radius 3 is 2.53 bits per heavy atom. The van der Waals surface area contributed by atoms with Crippen molar-refractivity contribution in [1.82, 2.24) is 4.98 Å². The molecule has 2 nitrogen and oxygen atoms in total. The largest absolute Gasteiger partial charge is 0.389 e. The third-order valence-electron chi connectivity index (χ3n) is 3.48. The number of aryl methyl sites for hydroxylation is 2. The molecule has 0 spiro atoms. The van der Waals surface area contributed by atoms with Crippen LogP contribution in [0, 0.1) is 19.8 Å². The molecular formula is C12H19NOS. The fourth-order valence-corrected chi connectivity index (χ4v) is 3.11. The van der Waals surface area contributed by atoms with E-state index in [4.69, 9.17) is 0 Å². The molecule has 2 rings (SSSR count). The summed E-state index contributed by atoms with van der Waals surface area (Å²) in [6.07, 6.45) is 3.96. The number of thiazole rings is 1. The summed E-state index contributed by atoms with van der Waals surface area (Å²) in [5, 5.41) is 11.6. The van der Waals surface area contributed by atoms with Crippen LogP contribution in [0.3, 0.4) is 0 Å². The maximum atomic E-state index is 10.5. The van der Waals surface area contributed by atoms with Crippen LogP contribution in [0.1, 0.15) is 41.8 Å². The summed E-state index contributed by atoms with van der Waals surface area (Å²) in [4.78, 5) is 5.79. The zero-order valence-corrected chi connectivity index (χ0v) is 10.5. The minimum atomic E-state index is -0.489. The normalized spacial score (nSPS) is 20.3. The number of rotatable bonds is 4. The smallest absolute Gasteiger partial charge is 0.0959 e. The van der Waals surface area contributed by atoms with Gasteiger partial charge < -0.3 is 5.11 Å². The molecule has 0 saturated heterocycles. The molecule has 0 radical (unpaired) electrons. The summed E-state index contributed by atoms with van der Waals surface area (Å²) in [6, 6.07) is 0. The Morgan fingerprint density at radius 1 is 1.47 bits per heavy atom. The van der Waals surface area contributed by atoms with Crippen LogP contribution in [0.4, 0.5) is 0 Å². The second-order valence-electron chi connectivity index (χ2n) is 4.66. The van der Waals surface area contributed by atoms with Gasteiger partial charge in [0.25, 0.3) is 0 Å². The molecule has 1 N–H and O–H groups in total. The third kappa shape index (κ3) is 2.23. The second-order valence-corrected chi connectivity index (χ2v) is 5.95. The van der Waals surface area contributed by atoms with Gasteiger partial charge in [0.05, 0.1) is 16.3 Å². The third-order valence-corrected chi connectivity index (χ3v) is 4.55. The minimum Gasteiger partial charge on any atom is -0.389 e. The molecule has 0 aromatic carbocycles. The van der Waals surface area contributed by atoms with Crippen molar-refractivity contribution in [2.45, 2.75) is 52.1 Å². The first kappa shape index (κ1) is 11.1. The highest BCUT2D eigenvalue weighted by atomic mass is 32.1. The fourth-order valence-electron chi connectivity index (χ4n) is 2.06. The number of aliphatic hydroxyl groups is 1. The van der Waals surface area contributed by atoms with Crippen LogP contribution in [0.15, 0.2) is 0 Å². The Kier molecular flexibility index (Phi) is 2.86. The molecule has 1 aromatic rings. The SMILES string of the molecule is CCC(O)(Cc1nc(C)c(C)s1)C1CC1. The van der Waals surface area contributed by atoms with Crippen LogP contribution in [0.2, 0.25) is 0 Å². The summed E-state index contributed by atoms with van der Waals surface area (Å²) >= 11 is 1.73. The van der Waals surface area contributed by atoms with Gasteiger partial charge in [0.1, 0.15) is 0 Å². The van der Waals surface area contributed by atoms with E-state index in [9.17, 15) is 5.11 Å². The van der Waals surface area contributed by atoms with Gasteiger partial charge in [0, 0.05) is 11.3 Å². The van der Waals surface area contributed by atoms with Gasteiger partial charge in [-0.2, -0.15) is 0 Å². The topological polar surface area (TPSA) is 33.1 Å². The Labute approximate surface area is 95.4 Å². The van der Waals surface area contributed by atoms with Gasteiger partial charge in [0.15, 0.2) is 0 Å².